The lowest BCUT2D eigenvalue weighted by Gasteiger charge is -2.24. The van der Waals surface area contributed by atoms with Gasteiger partial charge < -0.3 is 15.8 Å². The first-order valence-corrected chi connectivity index (χ1v) is 5.24. The Morgan fingerprint density at radius 2 is 2.00 bits per heavy atom. The van der Waals surface area contributed by atoms with E-state index in [1.54, 1.807) is 13.8 Å². The molecule has 0 aliphatic heterocycles. The number of rotatable bonds is 4. The number of hydrogen-bond acceptors (Lipinski definition) is 4. The highest BCUT2D eigenvalue weighted by molar-refractivity contribution is 5.93. The minimum absolute atomic E-state index is 0.198. The van der Waals surface area contributed by atoms with Crippen LogP contribution in [0, 0.1) is 5.82 Å². The van der Waals surface area contributed by atoms with Crippen molar-refractivity contribution in [2.45, 2.75) is 19.4 Å². The molecule has 0 unspecified atom stereocenters. The van der Waals surface area contributed by atoms with Crippen LogP contribution in [-0.2, 0) is 9.53 Å². The number of carbonyl (C=O) groups is 2. The highest BCUT2D eigenvalue weighted by Crippen LogP contribution is 2.19. The number of nitrogens with one attached hydrogen (secondary N) is 1. The van der Waals surface area contributed by atoms with Crippen LogP contribution >= 0.6 is 0 Å². The molecular weight excluding hydrogens is 239 g/mol. The molecule has 0 atom stereocenters. The molecule has 0 heterocycles. The van der Waals surface area contributed by atoms with Crippen molar-refractivity contribution in [2.24, 2.45) is 5.73 Å². The van der Waals surface area contributed by atoms with Gasteiger partial charge >= 0.3 is 5.97 Å². The Morgan fingerprint density at radius 3 is 2.44 bits per heavy atom. The third-order valence-corrected chi connectivity index (χ3v) is 2.39. The maximum absolute atomic E-state index is 13.5. The van der Waals surface area contributed by atoms with Crippen molar-refractivity contribution in [3.63, 3.8) is 0 Å². The number of anilines is 1. The van der Waals surface area contributed by atoms with Crippen LogP contribution < -0.4 is 11.1 Å². The summed E-state index contributed by atoms with van der Waals surface area (Å²) in [4.78, 5) is 22.3. The molecule has 1 aromatic rings. The van der Waals surface area contributed by atoms with Crippen molar-refractivity contribution in [2.75, 3.05) is 12.4 Å². The van der Waals surface area contributed by atoms with E-state index in [2.05, 4.69) is 10.1 Å². The average Bonchev–Trinajstić information content (AvgIpc) is 2.26. The normalized spacial score (nSPS) is 10.9. The SMILES string of the molecule is COC(=O)C(C)(C)Nc1ccc(C(N)=O)c(F)c1. The van der Waals surface area contributed by atoms with E-state index in [-0.39, 0.29) is 5.56 Å². The summed E-state index contributed by atoms with van der Waals surface area (Å²) >= 11 is 0. The molecule has 1 aromatic carbocycles. The van der Waals surface area contributed by atoms with Gasteiger partial charge in [0.1, 0.15) is 11.4 Å². The van der Waals surface area contributed by atoms with Gasteiger partial charge in [0.05, 0.1) is 12.7 Å². The zero-order chi connectivity index (χ0) is 13.9. The van der Waals surface area contributed by atoms with Crippen molar-refractivity contribution >= 4 is 17.6 Å². The zero-order valence-corrected chi connectivity index (χ0v) is 10.4. The van der Waals surface area contributed by atoms with E-state index < -0.39 is 23.2 Å². The van der Waals surface area contributed by atoms with Gasteiger partial charge in [-0.05, 0) is 32.0 Å². The molecule has 0 aromatic heterocycles. The largest absolute Gasteiger partial charge is 0.467 e. The molecule has 1 rings (SSSR count). The third-order valence-electron chi connectivity index (χ3n) is 2.39. The fourth-order valence-electron chi connectivity index (χ4n) is 1.46. The van der Waals surface area contributed by atoms with Crippen molar-refractivity contribution < 1.29 is 18.7 Å². The maximum atomic E-state index is 13.5. The van der Waals surface area contributed by atoms with Crippen LogP contribution in [0.25, 0.3) is 0 Å². The predicted octanol–water partition coefficient (Wildman–Crippen LogP) is 1.29. The first-order chi connectivity index (χ1) is 8.27. The number of ether oxygens (including phenoxy) is 1. The fourth-order valence-corrected chi connectivity index (χ4v) is 1.46. The highest BCUT2D eigenvalue weighted by atomic mass is 19.1. The molecular formula is C12H15FN2O3. The van der Waals surface area contributed by atoms with E-state index in [1.807, 2.05) is 0 Å². The van der Waals surface area contributed by atoms with Crippen LogP contribution in [0.1, 0.15) is 24.2 Å². The second kappa shape index (κ2) is 5.03. The van der Waals surface area contributed by atoms with Gasteiger partial charge in [-0.2, -0.15) is 0 Å². The molecule has 5 nitrogen and oxygen atoms in total. The summed E-state index contributed by atoms with van der Waals surface area (Å²) in [5.41, 5.74) is 4.14. The van der Waals surface area contributed by atoms with Gasteiger partial charge in [-0.15, -0.1) is 0 Å². The summed E-state index contributed by atoms with van der Waals surface area (Å²) in [6.45, 7) is 3.19. The van der Waals surface area contributed by atoms with Crippen LogP contribution in [-0.4, -0.2) is 24.5 Å². The summed E-state index contributed by atoms with van der Waals surface area (Å²) in [5.74, 6) is -2.07. The van der Waals surface area contributed by atoms with E-state index in [0.29, 0.717) is 5.69 Å². The second-order valence-corrected chi connectivity index (χ2v) is 4.30. The predicted molar refractivity (Wildman–Crippen MR) is 64.6 cm³/mol. The lowest BCUT2D eigenvalue weighted by atomic mass is 10.0. The van der Waals surface area contributed by atoms with Gasteiger partial charge in [-0.3, -0.25) is 4.79 Å². The van der Waals surface area contributed by atoms with Crippen molar-refractivity contribution in [1.82, 2.24) is 0 Å². The quantitative estimate of drug-likeness (QED) is 0.793. The van der Waals surface area contributed by atoms with Gasteiger partial charge in [0.2, 0.25) is 0 Å². The molecule has 0 aliphatic rings. The molecule has 0 aliphatic carbocycles. The maximum Gasteiger partial charge on any atom is 0.330 e. The first-order valence-electron chi connectivity index (χ1n) is 5.24. The van der Waals surface area contributed by atoms with Crippen molar-refractivity contribution in [3.05, 3.63) is 29.6 Å². The molecule has 0 spiro atoms. The van der Waals surface area contributed by atoms with E-state index in [0.717, 1.165) is 6.07 Å². The number of halogens is 1. The molecule has 3 N–H and O–H groups in total. The lowest BCUT2D eigenvalue weighted by Crippen LogP contribution is -2.41. The molecule has 0 bridgehead atoms. The van der Waals surface area contributed by atoms with Crippen molar-refractivity contribution in [3.8, 4) is 0 Å². The Labute approximate surface area is 104 Å². The van der Waals surface area contributed by atoms with E-state index in [9.17, 15) is 14.0 Å². The van der Waals surface area contributed by atoms with Crippen LogP contribution in [0.3, 0.4) is 0 Å². The van der Waals surface area contributed by atoms with E-state index >= 15 is 0 Å². The lowest BCUT2D eigenvalue weighted by molar-refractivity contribution is -0.144. The van der Waals surface area contributed by atoms with Gasteiger partial charge in [0.15, 0.2) is 0 Å². The summed E-state index contributed by atoms with van der Waals surface area (Å²) in [5, 5.41) is 2.81. The number of primary amides is 1. The number of benzene rings is 1. The van der Waals surface area contributed by atoms with Crippen LogP contribution in [0.5, 0.6) is 0 Å². The molecule has 18 heavy (non-hydrogen) atoms. The average molecular weight is 254 g/mol. The van der Waals surface area contributed by atoms with Gasteiger partial charge in [-0.25, -0.2) is 9.18 Å². The Hall–Kier alpha value is -2.11. The second-order valence-electron chi connectivity index (χ2n) is 4.30. The summed E-state index contributed by atoms with van der Waals surface area (Å²) in [7, 11) is 1.27. The van der Waals surface area contributed by atoms with E-state index in [1.165, 1.54) is 19.2 Å². The fraction of sp³-hybridized carbons (Fsp3) is 0.333. The zero-order valence-electron chi connectivity index (χ0n) is 10.4. The molecule has 0 saturated carbocycles. The third kappa shape index (κ3) is 2.97. The van der Waals surface area contributed by atoms with Gasteiger partial charge in [-0.1, -0.05) is 0 Å². The Balaban J connectivity index is 2.97. The van der Waals surface area contributed by atoms with Crippen LogP contribution in [0.4, 0.5) is 10.1 Å². The van der Waals surface area contributed by atoms with Crippen LogP contribution in [0.15, 0.2) is 18.2 Å². The highest BCUT2D eigenvalue weighted by Gasteiger charge is 2.28. The topological polar surface area (TPSA) is 81.4 Å². The minimum atomic E-state index is -1.00. The summed E-state index contributed by atoms with van der Waals surface area (Å²) in [6.07, 6.45) is 0. The van der Waals surface area contributed by atoms with E-state index in [4.69, 9.17) is 5.73 Å². The number of carbonyl (C=O) groups excluding carboxylic acids is 2. The number of methoxy groups -OCH3 is 1. The Bertz CT molecular complexity index is 486. The molecule has 0 fully saturated rings. The molecule has 0 radical (unpaired) electrons. The number of amides is 1. The van der Waals surface area contributed by atoms with Crippen molar-refractivity contribution in [1.29, 1.82) is 0 Å². The monoisotopic (exact) mass is 254 g/mol. The smallest absolute Gasteiger partial charge is 0.330 e. The Kier molecular flexibility index (Phi) is 3.90. The van der Waals surface area contributed by atoms with Crippen LogP contribution in [0.2, 0.25) is 0 Å². The summed E-state index contributed by atoms with van der Waals surface area (Å²) in [6, 6.07) is 3.83. The number of esters is 1. The minimum Gasteiger partial charge on any atom is -0.467 e. The molecule has 0 saturated heterocycles. The number of nitrogens with two attached hydrogens (primary N) is 1. The molecule has 98 valence electrons. The Morgan fingerprint density at radius 1 is 1.39 bits per heavy atom. The molecule has 6 heteroatoms. The van der Waals surface area contributed by atoms with Gasteiger partial charge in [0, 0.05) is 5.69 Å². The van der Waals surface area contributed by atoms with Gasteiger partial charge in [0.25, 0.3) is 5.91 Å². The number of hydrogen-bond donors (Lipinski definition) is 2. The standard InChI is InChI=1S/C12H15FN2O3/c1-12(2,11(17)18-3)15-7-4-5-8(10(14)16)9(13)6-7/h4-6,15H,1-3H3,(H2,14,16). The molecule has 1 amide bonds. The summed E-state index contributed by atoms with van der Waals surface area (Å²) < 4.78 is 18.1. The first kappa shape index (κ1) is 14.0.